The van der Waals surface area contributed by atoms with Crippen molar-refractivity contribution < 1.29 is 28.5 Å². The van der Waals surface area contributed by atoms with Crippen molar-refractivity contribution in [2.45, 2.75) is 20.8 Å². The molecular weight excluding hydrogens is 466 g/mol. The zero-order valence-electron chi connectivity index (χ0n) is 17.4. The molecule has 0 N–H and O–H groups in total. The number of nitrogens with zero attached hydrogens (tertiary/aromatic N) is 1. The van der Waals surface area contributed by atoms with Crippen LogP contribution in [-0.4, -0.2) is 31.8 Å². The molecule has 0 aliphatic rings. The minimum absolute atomic E-state index is 0.146. The van der Waals surface area contributed by atoms with Crippen LogP contribution in [0.5, 0.6) is 17.2 Å². The molecule has 0 atom stereocenters. The predicted octanol–water partition coefficient (Wildman–Crippen LogP) is 4.61. The fourth-order valence-electron chi connectivity index (χ4n) is 2.48. The second kappa shape index (κ2) is 11.8. The van der Waals surface area contributed by atoms with E-state index in [0.717, 1.165) is 10.0 Å². The Labute approximate surface area is 189 Å². The molecule has 0 radical (unpaired) electrons. The first-order valence-electron chi connectivity index (χ1n) is 9.53. The fourth-order valence-corrected chi connectivity index (χ4v) is 2.73. The maximum Gasteiger partial charge on any atom is 0.349 e. The third-order valence-electron chi connectivity index (χ3n) is 3.90. The molecule has 31 heavy (non-hydrogen) atoms. The highest BCUT2D eigenvalue weighted by molar-refractivity contribution is 9.10. The number of rotatable bonds is 9. The van der Waals surface area contributed by atoms with Gasteiger partial charge in [-0.1, -0.05) is 22.0 Å². The Bertz CT molecular complexity index is 1030. The summed E-state index contributed by atoms with van der Waals surface area (Å²) >= 11 is 3.41. The van der Waals surface area contributed by atoms with E-state index >= 15 is 0 Å². The van der Waals surface area contributed by atoms with E-state index in [9.17, 15) is 14.9 Å². The summed E-state index contributed by atoms with van der Waals surface area (Å²) in [5.74, 6) is -0.265. The Hall–Kier alpha value is -3.31. The van der Waals surface area contributed by atoms with E-state index in [2.05, 4.69) is 15.9 Å². The van der Waals surface area contributed by atoms with Crippen molar-refractivity contribution in [1.29, 1.82) is 5.26 Å². The molecular formula is C23H22BrNO6. The van der Waals surface area contributed by atoms with Gasteiger partial charge in [0.05, 0.1) is 13.2 Å². The van der Waals surface area contributed by atoms with E-state index < -0.39 is 11.9 Å². The summed E-state index contributed by atoms with van der Waals surface area (Å²) < 4.78 is 22.2. The topological polar surface area (TPSA) is 94.9 Å². The molecule has 8 heteroatoms. The molecule has 0 heterocycles. The lowest BCUT2D eigenvalue weighted by Gasteiger charge is -2.12. The lowest BCUT2D eigenvalue weighted by Crippen LogP contribution is -2.18. The van der Waals surface area contributed by atoms with Crippen LogP contribution in [0.4, 0.5) is 0 Å². The average molecular weight is 488 g/mol. The van der Waals surface area contributed by atoms with Gasteiger partial charge in [-0.3, -0.25) is 0 Å². The number of hydrogen-bond acceptors (Lipinski definition) is 7. The molecule has 2 aromatic rings. The summed E-state index contributed by atoms with van der Waals surface area (Å²) in [5.41, 5.74) is 1.36. The molecule has 2 aromatic carbocycles. The van der Waals surface area contributed by atoms with Crippen molar-refractivity contribution in [2.75, 3.05) is 19.8 Å². The van der Waals surface area contributed by atoms with Crippen molar-refractivity contribution in [3.63, 3.8) is 0 Å². The maximum atomic E-state index is 12.2. The lowest BCUT2D eigenvalue weighted by atomic mass is 10.1. The number of nitriles is 1. The summed E-state index contributed by atoms with van der Waals surface area (Å²) in [6.45, 7) is 5.57. The van der Waals surface area contributed by atoms with Gasteiger partial charge in [0.1, 0.15) is 17.4 Å². The maximum absolute atomic E-state index is 12.2. The van der Waals surface area contributed by atoms with Gasteiger partial charge in [0.15, 0.2) is 18.1 Å². The van der Waals surface area contributed by atoms with E-state index in [4.69, 9.17) is 18.9 Å². The van der Waals surface area contributed by atoms with Gasteiger partial charge in [-0.25, -0.2) is 9.59 Å². The molecule has 0 aliphatic carbocycles. The minimum atomic E-state index is -0.709. The summed E-state index contributed by atoms with van der Waals surface area (Å²) in [7, 11) is 0. The molecule has 162 valence electrons. The lowest BCUT2D eigenvalue weighted by molar-refractivity contribution is -0.138. The Morgan fingerprint density at radius 1 is 1.06 bits per heavy atom. The highest BCUT2D eigenvalue weighted by atomic mass is 79.9. The van der Waals surface area contributed by atoms with Gasteiger partial charge < -0.3 is 18.9 Å². The molecule has 0 saturated heterocycles. The van der Waals surface area contributed by atoms with Crippen LogP contribution < -0.4 is 14.2 Å². The zero-order chi connectivity index (χ0) is 22.8. The standard InChI is InChI=1S/C23H22BrNO6/c1-4-28-21-12-16(11-17(13-25)23(27)29-5-2)6-9-20(21)31-22(26)14-30-18-7-8-19(24)15(3)10-18/h6-12H,4-5,14H2,1-3H3/b17-11+. The molecule has 0 bridgehead atoms. The minimum Gasteiger partial charge on any atom is -0.490 e. The average Bonchev–Trinajstić information content (AvgIpc) is 2.75. The monoisotopic (exact) mass is 487 g/mol. The number of esters is 2. The number of carbonyl (C=O) groups is 2. The van der Waals surface area contributed by atoms with Crippen LogP contribution >= 0.6 is 15.9 Å². The van der Waals surface area contributed by atoms with Crippen LogP contribution in [0.3, 0.4) is 0 Å². The zero-order valence-corrected chi connectivity index (χ0v) is 19.0. The third-order valence-corrected chi connectivity index (χ3v) is 4.79. The van der Waals surface area contributed by atoms with Gasteiger partial charge >= 0.3 is 11.9 Å². The Balaban J connectivity index is 2.13. The highest BCUT2D eigenvalue weighted by Gasteiger charge is 2.14. The van der Waals surface area contributed by atoms with E-state index in [1.165, 1.54) is 12.1 Å². The van der Waals surface area contributed by atoms with Crippen molar-refractivity contribution in [3.8, 4) is 23.3 Å². The summed E-state index contributed by atoms with van der Waals surface area (Å²) in [6, 6.07) is 11.9. The second-order valence-corrected chi connectivity index (χ2v) is 7.06. The van der Waals surface area contributed by atoms with Gasteiger partial charge in [-0.15, -0.1) is 0 Å². The van der Waals surface area contributed by atoms with Gasteiger partial charge in [0, 0.05) is 4.47 Å². The predicted molar refractivity (Wildman–Crippen MR) is 118 cm³/mol. The molecule has 0 aliphatic heterocycles. The molecule has 2 rings (SSSR count). The van der Waals surface area contributed by atoms with Gasteiger partial charge in [0.2, 0.25) is 0 Å². The Kier molecular flexibility index (Phi) is 9.10. The normalized spacial score (nSPS) is 10.7. The second-order valence-electron chi connectivity index (χ2n) is 6.20. The first-order chi connectivity index (χ1) is 14.9. The molecule has 0 amide bonds. The highest BCUT2D eigenvalue weighted by Crippen LogP contribution is 2.30. The first kappa shape index (κ1) is 24.0. The Morgan fingerprint density at radius 3 is 2.48 bits per heavy atom. The summed E-state index contributed by atoms with van der Waals surface area (Å²) in [6.07, 6.45) is 1.38. The van der Waals surface area contributed by atoms with Crippen molar-refractivity contribution >= 4 is 33.9 Å². The van der Waals surface area contributed by atoms with Crippen molar-refractivity contribution in [1.82, 2.24) is 0 Å². The molecule has 0 spiro atoms. The van der Waals surface area contributed by atoms with Crippen LogP contribution in [0.25, 0.3) is 6.08 Å². The van der Waals surface area contributed by atoms with Crippen LogP contribution in [-0.2, 0) is 14.3 Å². The molecule has 0 unspecified atom stereocenters. The van der Waals surface area contributed by atoms with Crippen molar-refractivity contribution in [2.24, 2.45) is 0 Å². The van der Waals surface area contributed by atoms with Gasteiger partial charge in [-0.2, -0.15) is 5.26 Å². The fraction of sp³-hybridized carbons (Fsp3) is 0.261. The van der Waals surface area contributed by atoms with Crippen LogP contribution in [0.15, 0.2) is 46.4 Å². The van der Waals surface area contributed by atoms with E-state index in [1.54, 1.807) is 38.1 Å². The summed E-state index contributed by atoms with van der Waals surface area (Å²) in [5, 5.41) is 9.18. The van der Waals surface area contributed by atoms with E-state index in [1.807, 2.05) is 19.1 Å². The van der Waals surface area contributed by atoms with Crippen LogP contribution in [0, 0.1) is 18.3 Å². The number of halogens is 1. The number of aryl methyl sites for hydroxylation is 1. The molecule has 0 aromatic heterocycles. The van der Waals surface area contributed by atoms with E-state index in [0.29, 0.717) is 23.7 Å². The number of ether oxygens (including phenoxy) is 4. The smallest absolute Gasteiger partial charge is 0.349 e. The molecule has 7 nitrogen and oxygen atoms in total. The van der Waals surface area contributed by atoms with E-state index in [-0.39, 0.29) is 24.5 Å². The largest absolute Gasteiger partial charge is 0.490 e. The number of carbonyl (C=O) groups excluding carboxylic acids is 2. The van der Waals surface area contributed by atoms with Gasteiger partial charge in [-0.05, 0) is 68.3 Å². The number of hydrogen-bond donors (Lipinski definition) is 0. The van der Waals surface area contributed by atoms with Gasteiger partial charge in [0.25, 0.3) is 0 Å². The quantitative estimate of drug-likeness (QED) is 0.220. The van der Waals surface area contributed by atoms with Crippen LogP contribution in [0.1, 0.15) is 25.0 Å². The SMILES string of the molecule is CCOC(=O)/C(C#N)=C/c1ccc(OC(=O)COc2ccc(Br)c(C)c2)c(OCC)c1. The molecule has 0 fully saturated rings. The third kappa shape index (κ3) is 7.15. The van der Waals surface area contributed by atoms with Crippen molar-refractivity contribution in [3.05, 3.63) is 57.6 Å². The van der Waals surface area contributed by atoms with Crippen LogP contribution in [0.2, 0.25) is 0 Å². The Morgan fingerprint density at radius 2 is 1.84 bits per heavy atom. The number of benzene rings is 2. The first-order valence-corrected chi connectivity index (χ1v) is 10.3. The molecule has 0 saturated carbocycles. The summed E-state index contributed by atoms with van der Waals surface area (Å²) in [4.78, 5) is 24.0.